The fourth-order valence-electron chi connectivity index (χ4n) is 5.87. The molecule has 0 heterocycles. The molecule has 0 unspecified atom stereocenters. The predicted molar refractivity (Wildman–Crippen MR) is 381 cm³/mol. The summed E-state index contributed by atoms with van der Waals surface area (Å²) >= 11 is 0. The van der Waals surface area contributed by atoms with Crippen LogP contribution in [0.2, 0.25) is 0 Å². The summed E-state index contributed by atoms with van der Waals surface area (Å²) in [5.74, 6) is 9.96. The molecule has 0 spiro atoms. The first-order valence-electron chi connectivity index (χ1n) is 32.6. The highest BCUT2D eigenvalue weighted by atomic mass is 16.1. The molecule has 0 radical (unpaired) electrons. The minimum absolute atomic E-state index is 0. The van der Waals surface area contributed by atoms with Gasteiger partial charge in [-0.15, -0.1) is 0 Å². The lowest BCUT2D eigenvalue weighted by Gasteiger charge is -2.10. The van der Waals surface area contributed by atoms with Crippen LogP contribution in [0.15, 0.2) is 72.9 Å². The van der Waals surface area contributed by atoms with Crippen molar-refractivity contribution in [1.82, 2.24) is 0 Å². The molecule has 0 atom stereocenters. The van der Waals surface area contributed by atoms with Gasteiger partial charge in [0.25, 0.3) is 0 Å². The second-order valence-corrected chi connectivity index (χ2v) is 29.1. The van der Waals surface area contributed by atoms with Crippen molar-refractivity contribution in [2.75, 3.05) is 0 Å². The van der Waals surface area contributed by atoms with Gasteiger partial charge in [0, 0.05) is 42.4 Å². The van der Waals surface area contributed by atoms with E-state index in [4.69, 9.17) is 0 Å². The van der Waals surface area contributed by atoms with Gasteiger partial charge in [-0.3, -0.25) is 24.0 Å². The molecule has 0 aromatic rings. The molecule has 0 aliphatic rings. The Labute approximate surface area is 525 Å². The number of hydrogen-bond donors (Lipinski definition) is 0. The summed E-state index contributed by atoms with van der Waals surface area (Å²) in [7, 11) is 0. The standard InChI is InChI=1S/3C9H16O.2C9H18.2C8H16O.C8H18.C8H16.CH4/c3*1-6(2)8(5)9(10)7(3)4;2*1-7(2)6-9(5)8(3)4;2*1-6(2)5-8(9)7(3)4;2*1-7(2)5-6-8(3)4;/h3*6-7H,5H2,1-4H3;2*7-8H,5-6H2,1-4H3;2*6-7H,5H2,1-4H3;7-8H,5-6H2,1-4H3;5-8H,1-4H3;1H4/b;;;;;;;;6-5-;. The Morgan fingerprint density at radius 1 is 0.253 bits per heavy atom. The van der Waals surface area contributed by atoms with E-state index in [0.29, 0.717) is 47.1 Å². The molecule has 0 N–H and O–H groups in total. The first-order valence-corrected chi connectivity index (χ1v) is 32.6. The van der Waals surface area contributed by atoms with Gasteiger partial charge in [0.2, 0.25) is 0 Å². The van der Waals surface area contributed by atoms with Crippen molar-refractivity contribution in [2.24, 2.45) is 107 Å². The molecule has 496 valence electrons. The first-order chi connectivity index (χ1) is 36.8. The molecule has 0 amide bonds. The Morgan fingerprint density at radius 3 is 0.494 bits per heavy atom. The SMILES string of the molecule is C.C=C(C(=O)C(C)C)C(C)C.C=C(C(=O)C(C)C)C(C)C.C=C(C(=O)C(C)C)C(C)C.C=C(CC(C)C)C(C)C.C=C(CC(C)C)C(C)C.CC(C)/C=C\C(C)C.CC(C)CC(=O)C(C)C.CC(C)CC(=O)C(C)C.CC(C)CCC(C)C. The summed E-state index contributed by atoms with van der Waals surface area (Å²) in [6.07, 6.45) is 11.1. The van der Waals surface area contributed by atoms with Crippen LogP contribution in [-0.2, 0) is 24.0 Å². The van der Waals surface area contributed by atoms with Crippen LogP contribution in [-0.4, -0.2) is 28.9 Å². The monoisotopic (exact) mass is 1170 g/mol. The van der Waals surface area contributed by atoms with Crippen LogP contribution in [0.25, 0.3) is 0 Å². The minimum atomic E-state index is 0. The number of rotatable bonds is 26. The van der Waals surface area contributed by atoms with Crippen LogP contribution < -0.4 is 0 Å². The molecule has 0 bridgehead atoms. The van der Waals surface area contributed by atoms with Crippen molar-refractivity contribution >= 4 is 28.9 Å². The molecule has 0 fully saturated rings. The summed E-state index contributed by atoms with van der Waals surface area (Å²) in [4.78, 5) is 55.5. The number of hydrogen-bond acceptors (Lipinski definition) is 5. The lowest BCUT2D eigenvalue weighted by Crippen LogP contribution is -2.13. The van der Waals surface area contributed by atoms with E-state index >= 15 is 0 Å². The molecule has 0 aliphatic carbocycles. The van der Waals surface area contributed by atoms with Crippen molar-refractivity contribution in [3.8, 4) is 0 Å². The van der Waals surface area contributed by atoms with E-state index in [2.05, 4.69) is 184 Å². The zero-order valence-electron chi connectivity index (χ0n) is 62.4. The van der Waals surface area contributed by atoms with Crippen LogP contribution in [0, 0.1) is 107 Å². The summed E-state index contributed by atoms with van der Waals surface area (Å²) < 4.78 is 0. The Kier molecular flexibility index (Phi) is 74.1. The number of ketones is 5. The highest BCUT2D eigenvalue weighted by molar-refractivity contribution is 5.97. The van der Waals surface area contributed by atoms with Crippen molar-refractivity contribution in [3.05, 3.63) is 72.9 Å². The summed E-state index contributed by atoms with van der Waals surface area (Å²) in [5.41, 5.74) is 5.00. The quantitative estimate of drug-likeness (QED) is 0.0636. The second-order valence-electron chi connectivity index (χ2n) is 29.1. The van der Waals surface area contributed by atoms with Crippen molar-refractivity contribution in [1.29, 1.82) is 0 Å². The Morgan fingerprint density at radius 2 is 0.434 bits per heavy atom. The molecular formula is C78H154O5. The molecule has 0 aromatic heterocycles. The van der Waals surface area contributed by atoms with Crippen LogP contribution in [0.4, 0.5) is 0 Å². The van der Waals surface area contributed by atoms with Gasteiger partial charge >= 0.3 is 0 Å². The maximum atomic E-state index is 11.2. The third-order valence-electron chi connectivity index (χ3n) is 12.3. The Bertz CT molecular complexity index is 1430. The van der Waals surface area contributed by atoms with E-state index in [9.17, 15) is 24.0 Å². The average molecular weight is 1170 g/mol. The van der Waals surface area contributed by atoms with Gasteiger partial charge in [0.1, 0.15) is 11.6 Å². The molecule has 0 aliphatic heterocycles. The summed E-state index contributed by atoms with van der Waals surface area (Å²) in [6, 6.07) is 0. The maximum Gasteiger partial charge on any atom is 0.161 e. The van der Waals surface area contributed by atoms with E-state index in [1.807, 2.05) is 111 Å². The summed E-state index contributed by atoms with van der Waals surface area (Å²) in [5, 5.41) is 0. The van der Waals surface area contributed by atoms with Gasteiger partial charge in [-0.05, 0) is 106 Å². The van der Waals surface area contributed by atoms with Gasteiger partial charge in [-0.25, -0.2) is 0 Å². The zero-order valence-corrected chi connectivity index (χ0v) is 62.4. The number of allylic oxidation sites excluding steroid dienone is 7. The van der Waals surface area contributed by atoms with Gasteiger partial charge in [0.15, 0.2) is 17.3 Å². The van der Waals surface area contributed by atoms with Crippen LogP contribution in [0.5, 0.6) is 0 Å². The zero-order chi connectivity index (χ0) is 67.8. The lowest BCUT2D eigenvalue weighted by molar-refractivity contribution is -0.123. The molecule has 5 nitrogen and oxygen atoms in total. The third kappa shape index (κ3) is 83.1. The Balaban J connectivity index is -0.0000000902. The Hall–Kier alpha value is -3.21. The molecule has 0 aromatic carbocycles. The van der Waals surface area contributed by atoms with Crippen LogP contribution >= 0.6 is 0 Å². The summed E-state index contributed by atoms with van der Waals surface area (Å²) in [6.45, 7) is 94.2. The molecule has 83 heavy (non-hydrogen) atoms. The average Bonchev–Trinajstić information content (AvgIpc) is 3.31. The number of Topliss-reactive ketones (excluding diaryl/α,β-unsaturated/α-hetero) is 5. The molecule has 0 rings (SSSR count). The van der Waals surface area contributed by atoms with E-state index in [1.54, 1.807) is 0 Å². The van der Waals surface area contributed by atoms with Gasteiger partial charge < -0.3 is 0 Å². The second kappa shape index (κ2) is 60.5. The van der Waals surface area contributed by atoms with Gasteiger partial charge in [-0.2, -0.15) is 0 Å². The third-order valence-corrected chi connectivity index (χ3v) is 12.3. The lowest BCUT2D eigenvalue weighted by atomic mass is 9.94. The highest BCUT2D eigenvalue weighted by Gasteiger charge is 2.16. The van der Waals surface area contributed by atoms with E-state index < -0.39 is 0 Å². The first kappa shape index (κ1) is 102. The van der Waals surface area contributed by atoms with Crippen molar-refractivity contribution < 1.29 is 24.0 Å². The van der Waals surface area contributed by atoms with E-state index in [-0.39, 0.29) is 72.1 Å². The van der Waals surface area contributed by atoms with Gasteiger partial charge in [0.05, 0.1) is 0 Å². The highest BCUT2D eigenvalue weighted by Crippen LogP contribution is 2.18. The number of carbonyl (C=O) groups excluding carboxylic acids is 5. The largest absolute Gasteiger partial charge is 0.299 e. The topological polar surface area (TPSA) is 85.3 Å². The van der Waals surface area contributed by atoms with E-state index in [0.717, 1.165) is 53.2 Å². The molecule has 5 heteroatoms. The molecule has 0 saturated carbocycles. The normalized spacial score (nSPS) is 10.8. The fraction of sp³-hybridized carbons (Fsp3) is 0.782. The smallest absolute Gasteiger partial charge is 0.161 e. The van der Waals surface area contributed by atoms with Crippen molar-refractivity contribution in [3.63, 3.8) is 0 Å². The van der Waals surface area contributed by atoms with Crippen molar-refractivity contribution in [2.45, 2.75) is 295 Å². The number of carbonyl (C=O) groups is 5. The van der Waals surface area contributed by atoms with Gasteiger partial charge in [-0.1, -0.05) is 326 Å². The fourth-order valence-corrected chi connectivity index (χ4v) is 5.87. The molecule has 0 saturated heterocycles. The predicted octanol–water partition coefficient (Wildman–Crippen LogP) is 24.8. The van der Waals surface area contributed by atoms with Crippen LogP contribution in [0.1, 0.15) is 295 Å². The van der Waals surface area contributed by atoms with Crippen LogP contribution in [0.3, 0.4) is 0 Å². The molecular weight excluding hydrogens is 1020 g/mol. The minimum Gasteiger partial charge on any atom is -0.299 e. The van der Waals surface area contributed by atoms with E-state index in [1.165, 1.54) is 36.8 Å². The maximum absolute atomic E-state index is 11.2.